The Kier molecular flexibility index (Phi) is 4.95. The number of hydrogen-bond acceptors (Lipinski definition) is 3. The molecule has 1 aromatic rings. The van der Waals surface area contributed by atoms with Crippen LogP contribution in [0.25, 0.3) is 0 Å². The molecule has 1 aromatic carbocycles. The molecular weight excluding hydrogens is 259 g/mol. The molecular formula is C15H21FN2O2. The molecule has 0 saturated carbocycles. The highest BCUT2D eigenvalue weighted by molar-refractivity contribution is 5.97. The number of piperidine rings is 1. The lowest BCUT2D eigenvalue weighted by Gasteiger charge is -2.28. The van der Waals surface area contributed by atoms with Gasteiger partial charge in [-0.25, -0.2) is 4.39 Å². The molecule has 1 aliphatic rings. The number of phenolic OH excluding ortho intramolecular Hbond substituents is 1. The molecule has 0 atom stereocenters. The molecule has 1 fully saturated rings. The van der Waals surface area contributed by atoms with Gasteiger partial charge in [0, 0.05) is 6.54 Å². The number of amides is 1. The highest BCUT2D eigenvalue weighted by Crippen LogP contribution is 2.21. The van der Waals surface area contributed by atoms with Crippen LogP contribution in [0.4, 0.5) is 4.39 Å². The Labute approximate surface area is 118 Å². The fraction of sp³-hybridized carbons (Fsp3) is 0.533. The first-order valence-corrected chi connectivity index (χ1v) is 7.02. The maximum Gasteiger partial charge on any atom is 0.258 e. The summed E-state index contributed by atoms with van der Waals surface area (Å²) in [4.78, 5) is 14.2. The van der Waals surface area contributed by atoms with Crippen LogP contribution in [0.5, 0.6) is 5.75 Å². The molecule has 4 nitrogen and oxygen atoms in total. The van der Waals surface area contributed by atoms with Gasteiger partial charge in [-0.15, -0.1) is 0 Å². The lowest BCUT2D eigenvalue weighted by Crippen LogP contribution is -2.33. The van der Waals surface area contributed by atoms with Gasteiger partial charge >= 0.3 is 0 Å². The minimum atomic E-state index is -0.693. The van der Waals surface area contributed by atoms with Gasteiger partial charge in [0.1, 0.15) is 17.1 Å². The number of carbonyl (C=O) groups excluding carboxylic acids is 1. The number of halogens is 1. The minimum absolute atomic E-state index is 0.268. The third-order valence-electron chi connectivity index (χ3n) is 3.89. The number of likely N-dealkylation sites (tertiary alicyclic amines) is 1. The van der Waals surface area contributed by atoms with Crippen molar-refractivity contribution < 1.29 is 14.3 Å². The second kappa shape index (κ2) is 6.70. The smallest absolute Gasteiger partial charge is 0.258 e. The molecule has 0 aromatic heterocycles. The van der Waals surface area contributed by atoms with Crippen LogP contribution in [0.2, 0.25) is 0 Å². The van der Waals surface area contributed by atoms with E-state index in [9.17, 15) is 14.3 Å². The van der Waals surface area contributed by atoms with Crippen LogP contribution < -0.4 is 5.32 Å². The summed E-state index contributed by atoms with van der Waals surface area (Å²) < 4.78 is 13.5. The zero-order valence-corrected chi connectivity index (χ0v) is 11.7. The molecule has 5 heteroatoms. The maximum absolute atomic E-state index is 13.5. The summed E-state index contributed by atoms with van der Waals surface area (Å²) in [6.45, 7) is 2.69. The van der Waals surface area contributed by atoms with E-state index in [0.717, 1.165) is 32.4 Å². The van der Waals surface area contributed by atoms with Gasteiger partial charge in [-0.1, -0.05) is 6.07 Å². The monoisotopic (exact) mass is 280 g/mol. The molecule has 1 saturated heterocycles. The first-order valence-electron chi connectivity index (χ1n) is 7.02. The zero-order valence-electron chi connectivity index (χ0n) is 11.7. The van der Waals surface area contributed by atoms with E-state index in [1.807, 2.05) is 0 Å². The van der Waals surface area contributed by atoms with Crippen molar-refractivity contribution in [3.63, 3.8) is 0 Å². The number of benzene rings is 1. The van der Waals surface area contributed by atoms with Crippen molar-refractivity contribution in [3.8, 4) is 5.75 Å². The molecule has 0 unspecified atom stereocenters. The molecule has 1 aliphatic heterocycles. The average molecular weight is 280 g/mol. The van der Waals surface area contributed by atoms with Crippen LogP contribution in [0, 0.1) is 11.7 Å². The SMILES string of the molecule is CN1CCC(CCNC(=O)c2c(O)cccc2F)CC1. The summed E-state index contributed by atoms with van der Waals surface area (Å²) in [7, 11) is 2.11. The Morgan fingerprint density at radius 2 is 2.15 bits per heavy atom. The summed E-state index contributed by atoms with van der Waals surface area (Å²) in [5.74, 6) is -0.946. The Morgan fingerprint density at radius 1 is 1.45 bits per heavy atom. The second-order valence-electron chi connectivity index (χ2n) is 5.43. The highest BCUT2D eigenvalue weighted by Gasteiger charge is 2.18. The van der Waals surface area contributed by atoms with Crippen molar-refractivity contribution >= 4 is 5.91 Å². The first-order chi connectivity index (χ1) is 9.58. The maximum atomic E-state index is 13.5. The van der Waals surface area contributed by atoms with Crippen molar-refractivity contribution in [2.24, 2.45) is 5.92 Å². The van der Waals surface area contributed by atoms with E-state index in [-0.39, 0.29) is 11.3 Å². The summed E-state index contributed by atoms with van der Waals surface area (Å²) in [5.41, 5.74) is -0.268. The van der Waals surface area contributed by atoms with E-state index in [2.05, 4.69) is 17.3 Å². The standard InChI is InChI=1S/C15H21FN2O2/c1-18-9-6-11(7-10-18)5-8-17-15(20)14-12(16)3-2-4-13(14)19/h2-4,11,19H,5-10H2,1H3,(H,17,20). The van der Waals surface area contributed by atoms with E-state index in [4.69, 9.17) is 0 Å². The molecule has 2 N–H and O–H groups in total. The predicted octanol–water partition coefficient (Wildman–Crippen LogP) is 1.99. The van der Waals surface area contributed by atoms with E-state index in [0.29, 0.717) is 12.5 Å². The highest BCUT2D eigenvalue weighted by atomic mass is 19.1. The van der Waals surface area contributed by atoms with E-state index >= 15 is 0 Å². The van der Waals surface area contributed by atoms with Gasteiger partial charge in [-0.05, 0) is 57.5 Å². The van der Waals surface area contributed by atoms with Gasteiger partial charge in [-0.3, -0.25) is 4.79 Å². The molecule has 0 bridgehead atoms. The number of rotatable bonds is 4. The topological polar surface area (TPSA) is 52.6 Å². The number of carbonyl (C=O) groups is 1. The minimum Gasteiger partial charge on any atom is -0.507 e. The van der Waals surface area contributed by atoms with Crippen molar-refractivity contribution in [1.29, 1.82) is 0 Å². The van der Waals surface area contributed by atoms with Crippen LogP contribution in [0.1, 0.15) is 29.6 Å². The van der Waals surface area contributed by atoms with Crippen molar-refractivity contribution in [2.75, 3.05) is 26.7 Å². The molecule has 110 valence electrons. The second-order valence-corrected chi connectivity index (χ2v) is 5.43. The molecule has 20 heavy (non-hydrogen) atoms. The van der Waals surface area contributed by atoms with E-state index < -0.39 is 11.7 Å². The van der Waals surface area contributed by atoms with Gasteiger partial charge < -0.3 is 15.3 Å². The van der Waals surface area contributed by atoms with Crippen molar-refractivity contribution in [1.82, 2.24) is 10.2 Å². The normalized spacial score (nSPS) is 17.1. The summed E-state index contributed by atoms with van der Waals surface area (Å²) in [6.07, 6.45) is 3.17. The fourth-order valence-corrected chi connectivity index (χ4v) is 2.57. The lowest BCUT2D eigenvalue weighted by atomic mass is 9.94. The van der Waals surface area contributed by atoms with E-state index in [1.165, 1.54) is 18.2 Å². The average Bonchev–Trinajstić information content (AvgIpc) is 2.41. The third kappa shape index (κ3) is 3.70. The Hall–Kier alpha value is -1.62. The van der Waals surface area contributed by atoms with Crippen LogP contribution in [0.3, 0.4) is 0 Å². The van der Waals surface area contributed by atoms with Crippen LogP contribution >= 0.6 is 0 Å². The van der Waals surface area contributed by atoms with Crippen LogP contribution in [-0.2, 0) is 0 Å². The number of phenols is 1. The number of nitrogens with zero attached hydrogens (tertiary/aromatic N) is 1. The molecule has 0 spiro atoms. The van der Waals surface area contributed by atoms with Gasteiger partial charge in [0.25, 0.3) is 5.91 Å². The van der Waals surface area contributed by atoms with Gasteiger partial charge in [0.15, 0.2) is 0 Å². The molecule has 0 aliphatic carbocycles. The number of nitrogens with one attached hydrogen (secondary N) is 1. The Balaban J connectivity index is 1.81. The number of aromatic hydroxyl groups is 1. The van der Waals surface area contributed by atoms with Crippen molar-refractivity contribution in [2.45, 2.75) is 19.3 Å². The van der Waals surface area contributed by atoms with Gasteiger partial charge in [-0.2, -0.15) is 0 Å². The quantitative estimate of drug-likeness (QED) is 0.887. The first kappa shape index (κ1) is 14.8. The molecule has 2 rings (SSSR count). The number of hydrogen-bond donors (Lipinski definition) is 2. The van der Waals surface area contributed by atoms with E-state index in [1.54, 1.807) is 0 Å². The fourth-order valence-electron chi connectivity index (χ4n) is 2.57. The zero-order chi connectivity index (χ0) is 14.5. The third-order valence-corrected chi connectivity index (χ3v) is 3.89. The van der Waals surface area contributed by atoms with Crippen LogP contribution in [-0.4, -0.2) is 42.6 Å². The molecule has 1 heterocycles. The molecule has 1 amide bonds. The lowest BCUT2D eigenvalue weighted by molar-refractivity contribution is 0.0942. The van der Waals surface area contributed by atoms with Crippen molar-refractivity contribution in [3.05, 3.63) is 29.6 Å². The summed E-state index contributed by atoms with van der Waals surface area (Å²) >= 11 is 0. The largest absolute Gasteiger partial charge is 0.507 e. The Bertz CT molecular complexity index is 451. The Morgan fingerprint density at radius 3 is 2.80 bits per heavy atom. The van der Waals surface area contributed by atoms with Crippen LogP contribution in [0.15, 0.2) is 18.2 Å². The van der Waals surface area contributed by atoms with Gasteiger partial charge in [0.2, 0.25) is 0 Å². The summed E-state index contributed by atoms with van der Waals surface area (Å²) in [6, 6.07) is 3.86. The molecule has 0 radical (unpaired) electrons. The predicted molar refractivity (Wildman–Crippen MR) is 75.2 cm³/mol. The van der Waals surface area contributed by atoms with Gasteiger partial charge in [0.05, 0.1) is 0 Å². The summed E-state index contributed by atoms with van der Waals surface area (Å²) in [5, 5.41) is 12.2.